The molecule has 32 heavy (non-hydrogen) atoms. The van der Waals surface area contributed by atoms with Gasteiger partial charge in [-0.25, -0.2) is 0 Å². The fourth-order valence-electron chi connectivity index (χ4n) is 2.90. The second-order valence-corrected chi connectivity index (χ2v) is 7.09. The van der Waals surface area contributed by atoms with E-state index in [-0.39, 0.29) is 24.0 Å². The minimum atomic E-state index is -4.79. The zero-order valence-electron chi connectivity index (χ0n) is 16.9. The van der Waals surface area contributed by atoms with Crippen LogP contribution in [0.1, 0.15) is 17.5 Å². The Bertz CT molecular complexity index is 1130. The molecule has 0 spiro atoms. The summed E-state index contributed by atoms with van der Waals surface area (Å²) in [4.78, 5) is 4.36. The molecule has 0 unspecified atom stereocenters. The third-order valence-corrected chi connectivity index (χ3v) is 4.62. The van der Waals surface area contributed by atoms with Crippen LogP contribution in [0.3, 0.4) is 0 Å². The normalized spacial score (nSPS) is 11.0. The fraction of sp³-hybridized carbons (Fsp3) is 0.217. The maximum absolute atomic E-state index is 12.2. The molecule has 5 nitrogen and oxygen atoms in total. The molecule has 1 heterocycles. The first kappa shape index (κ1) is 23.2. The number of ether oxygens (including phenoxy) is 3. The number of hydrogen-bond acceptors (Lipinski definition) is 5. The highest BCUT2D eigenvalue weighted by Gasteiger charge is 2.31. The third kappa shape index (κ3) is 6.28. The molecule has 0 saturated heterocycles. The lowest BCUT2D eigenvalue weighted by atomic mass is 10.0. The standard InChI is InChI=1S/C23H18ClF3N2O3/c1-15-4-2-9-29-22(15)16-5-7-20(17(12-16)14-28)30-10-3-11-31-21-8-6-18(13-19(21)24)32-23(25,26)27/h2,4-9,12-13H,3,10-11H2,1H3. The minimum absolute atomic E-state index is 0.000149. The summed E-state index contributed by atoms with van der Waals surface area (Å²) in [5.74, 6) is 0.247. The molecule has 0 aliphatic heterocycles. The second-order valence-electron chi connectivity index (χ2n) is 6.68. The molecule has 9 heteroatoms. The van der Waals surface area contributed by atoms with Gasteiger partial charge in [0.05, 0.1) is 29.5 Å². The molecular formula is C23H18ClF3N2O3. The number of nitrogens with zero attached hydrogens (tertiary/aromatic N) is 2. The van der Waals surface area contributed by atoms with Crippen molar-refractivity contribution in [1.29, 1.82) is 5.26 Å². The largest absolute Gasteiger partial charge is 0.573 e. The van der Waals surface area contributed by atoms with Gasteiger partial charge in [0.1, 0.15) is 23.3 Å². The zero-order valence-corrected chi connectivity index (χ0v) is 17.7. The van der Waals surface area contributed by atoms with Crippen LogP contribution < -0.4 is 14.2 Å². The summed E-state index contributed by atoms with van der Waals surface area (Å²) in [6, 6.07) is 14.7. The minimum Gasteiger partial charge on any atom is -0.492 e. The predicted octanol–water partition coefficient (Wildman–Crippen LogP) is 6.33. The van der Waals surface area contributed by atoms with Gasteiger partial charge in [-0.05, 0) is 48.9 Å². The number of benzene rings is 2. The third-order valence-electron chi connectivity index (χ3n) is 4.32. The number of nitriles is 1. The molecule has 0 aliphatic rings. The van der Waals surface area contributed by atoms with E-state index in [0.717, 1.165) is 29.0 Å². The lowest BCUT2D eigenvalue weighted by Crippen LogP contribution is -2.17. The number of aryl methyl sites for hydroxylation is 1. The molecule has 0 atom stereocenters. The van der Waals surface area contributed by atoms with E-state index < -0.39 is 12.1 Å². The Morgan fingerprint density at radius 1 is 1.03 bits per heavy atom. The summed E-state index contributed by atoms with van der Waals surface area (Å²) >= 11 is 5.94. The molecule has 0 saturated carbocycles. The van der Waals surface area contributed by atoms with Crippen molar-refractivity contribution in [1.82, 2.24) is 4.98 Å². The van der Waals surface area contributed by atoms with E-state index in [2.05, 4.69) is 15.8 Å². The number of pyridine rings is 1. The average Bonchev–Trinajstić information content (AvgIpc) is 2.74. The summed E-state index contributed by atoms with van der Waals surface area (Å²) in [5, 5.41) is 9.46. The van der Waals surface area contributed by atoms with Crippen LogP contribution in [0.15, 0.2) is 54.7 Å². The quantitative estimate of drug-likeness (QED) is 0.366. The molecule has 0 bridgehead atoms. The van der Waals surface area contributed by atoms with E-state index in [9.17, 15) is 18.4 Å². The van der Waals surface area contributed by atoms with Crippen LogP contribution in [0.25, 0.3) is 11.3 Å². The molecule has 0 aliphatic carbocycles. The molecule has 1 aromatic heterocycles. The maximum Gasteiger partial charge on any atom is 0.573 e. The van der Waals surface area contributed by atoms with Crippen LogP contribution in [-0.2, 0) is 0 Å². The molecular weight excluding hydrogens is 445 g/mol. The van der Waals surface area contributed by atoms with E-state index in [0.29, 0.717) is 17.7 Å². The van der Waals surface area contributed by atoms with Crippen molar-refractivity contribution in [2.24, 2.45) is 0 Å². The summed E-state index contributed by atoms with van der Waals surface area (Å²) < 4.78 is 51.7. The van der Waals surface area contributed by atoms with Crippen molar-refractivity contribution in [2.75, 3.05) is 13.2 Å². The fourth-order valence-corrected chi connectivity index (χ4v) is 3.12. The lowest BCUT2D eigenvalue weighted by molar-refractivity contribution is -0.274. The topological polar surface area (TPSA) is 64.4 Å². The smallest absolute Gasteiger partial charge is 0.492 e. The first-order valence-corrected chi connectivity index (χ1v) is 9.91. The zero-order chi connectivity index (χ0) is 23.1. The highest BCUT2D eigenvalue weighted by molar-refractivity contribution is 6.32. The van der Waals surface area contributed by atoms with Gasteiger partial charge < -0.3 is 14.2 Å². The van der Waals surface area contributed by atoms with Gasteiger partial charge in [0.2, 0.25) is 0 Å². The van der Waals surface area contributed by atoms with Crippen LogP contribution in [0.2, 0.25) is 5.02 Å². The first-order chi connectivity index (χ1) is 15.3. The van der Waals surface area contributed by atoms with E-state index in [4.69, 9.17) is 21.1 Å². The SMILES string of the molecule is Cc1cccnc1-c1ccc(OCCCOc2ccc(OC(F)(F)F)cc2Cl)c(C#N)c1. The highest BCUT2D eigenvalue weighted by atomic mass is 35.5. The van der Waals surface area contributed by atoms with Crippen LogP contribution in [0.4, 0.5) is 13.2 Å². The Kier molecular flexibility index (Phi) is 7.44. The predicted molar refractivity (Wildman–Crippen MR) is 113 cm³/mol. The Morgan fingerprint density at radius 3 is 2.41 bits per heavy atom. The van der Waals surface area contributed by atoms with Crippen molar-refractivity contribution >= 4 is 11.6 Å². The van der Waals surface area contributed by atoms with E-state index >= 15 is 0 Å². The molecule has 0 fully saturated rings. The molecule has 2 aromatic carbocycles. The summed E-state index contributed by atoms with van der Waals surface area (Å²) in [6.07, 6.45) is -2.63. The van der Waals surface area contributed by atoms with Gasteiger partial charge in [-0.3, -0.25) is 4.98 Å². The van der Waals surface area contributed by atoms with Gasteiger partial charge in [0.25, 0.3) is 0 Å². The molecule has 0 N–H and O–H groups in total. The van der Waals surface area contributed by atoms with Gasteiger partial charge in [-0.2, -0.15) is 5.26 Å². The summed E-state index contributed by atoms with van der Waals surface area (Å²) in [6.45, 7) is 2.43. The monoisotopic (exact) mass is 462 g/mol. The molecule has 3 aromatic rings. The highest BCUT2D eigenvalue weighted by Crippen LogP contribution is 2.32. The van der Waals surface area contributed by atoms with Crippen LogP contribution >= 0.6 is 11.6 Å². The number of halogens is 4. The molecule has 0 amide bonds. The van der Waals surface area contributed by atoms with Crippen molar-refractivity contribution in [3.8, 4) is 34.6 Å². The van der Waals surface area contributed by atoms with Crippen molar-refractivity contribution in [3.05, 3.63) is 70.9 Å². The Balaban J connectivity index is 1.53. The van der Waals surface area contributed by atoms with Crippen LogP contribution in [0.5, 0.6) is 17.2 Å². The number of alkyl halides is 3. The van der Waals surface area contributed by atoms with Gasteiger partial charge in [0.15, 0.2) is 0 Å². The average molecular weight is 463 g/mol. The van der Waals surface area contributed by atoms with Gasteiger partial charge >= 0.3 is 6.36 Å². The number of rotatable bonds is 8. The van der Waals surface area contributed by atoms with Crippen molar-refractivity contribution in [3.63, 3.8) is 0 Å². The van der Waals surface area contributed by atoms with Crippen molar-refractivity contribution < 1.29 is 27.4 Å². The van der Waals surface area contributed by atoms with Crippen molar-refractivity contribution in [2.45, 2.75) is 19.7 Å². The maximum atomic E-state index is 12.2. The lowest BCUT2D eigenvalue weighted by Gasteiger charge is -2.13. The van der Waals surface area contributed by atoms with Crippen LogP contribution in [0, 0.1) is 18.3 Å². The molecule has 3 rings (SSSR count). The first-order valence-electron chi connectivity index (χ1n) is 9.54. The van der Waals surface area contributed by atoms with Gasteiger partial charge in [0, 0.05) is 24.2 Å². The molecule has 0 radical (unpaired) electrons. The number of hydrogen-bond donors (Lipinski definition) is 0. The number of aromatic nitrogens is 1. The Labute approximate surface area is 187 Å². The van der Waals surface area contributed by atoms with Gasteiger partial charge in [-0.15, -0.1) is 13.2 Å². The summed E-state index contributed by atoms with van der Waals surface area (Å²) in [7, 11) is 0. The molecule has 166 valence electrons. The van der Waals surface area contributed by atoms with E-state index in [1.807, 2.05) is 25.1 Å². The van der Waals surface area contributed by atoms with E-state index in [1.54, 1.807) is 18.3 Å². The summed E-state index contributed by atoms with van der Waals surface area (Å²) in [5.41, 5.74) is 3.01. The Hall–Kier alpha value is -3.44. The Morgan fingerprint density at radius 2 is 1.75 bits per heavy atom. The van der Waals surface area contributed by atoms with Gasteiger partial charge in [-0.1, -0.05) is 17.7 Å². The van der Waals surface area contributed by atoms with E-state index in [1.165, 1.54) is 6.07 Å². The van der Waals surface area contributed by atoms with Crippen LogP contribution in [-0.4, -0.2) is 24.6 Å². The second kappa shape index (κ2) is 10.2.